The van der Waals surface area contributed by atoms with Gasteiger partial charge in [0.05, 0.1) is 35.9 Å². The number of amides is 2. The summed E-state index contributed by atoms with van der Waals surface area (Å²) in [7, 11) is -1.76. The molecule has 9 nitrogen and oxygen atoms in total. The second-order valence-electron chi connectivity index (χ2n) is 11.8. The van der Waals surface area contributed by atoms with Crippen LogP contribution in [0.3, 0.4) is 0 Å². The Morgan fingerprint density at radius 3 is 2.41 bits per heavy atom. The third kappa shape index (κ3) is 5.98. The number of pyridine rings is 1. The Bertz CT molecular complexity index is 1610. The van der Waals surface area contributed by atoms with E-state index >= 15 is 0 Å². The van der Waals surface area contributed by atoms with Crippen LogP contribution < -0.4 is 10.4 Å². The van der Waals surface area contributed by atoms with Crippen molar-refractivity contribution >= 4 is 41.7 Å². The van der Waals surface area contributed by atoms with Crippen molar-refractivity contribution in [1.82, 2.24) is 4.98 Å². The van der Waals surface area contributed by atoms with Crippen LogP contribution >= 0.6 is 0 Å². The number of aryl methyl sites for hydroxylation is 2. The first kappa shape index (κ1) is 31.3. The summed E-state index contributed by atoms with van der Waals surface area (Å²) in [5, 5.41) is 51.5. The van der Waals surface area contributed by atoms with Crippen molar-refractivity contribution in [3.8, 4) is 5.75 Å². The first-order valence-corrected chi connectivity index (χ1v) is 14.8. The predicted molar refractivity (Wildman–Crippen MR) is 169 cm³/mol. The smallest absolute Gasteiger partial charge is 0.488 e. The maximum absolute atomic E-state index is 13.7. The third-order valence-corrected chi connectivity index (χ3v) is 8.85. The number of carbonyl (C=O) groups excluding carboxylic acids is 2. The number of aromatic hydroxyl groups is 1. The molecular weight excluding hydrogens is 559 g/mol. The number of aliphatic hydroxyl groups is 2. The Balaban J connectivity index is 1.41. The average molecular weight is 596 g/mol. The molecule has 2 heterocycles. The molecule has 4 atom stereocenters. The molecule has 1 aromatic heterocycles. The molecule has 228 valence electrons. The summed E-state index contributed by atoms with van der Waals surface area (Å²) in [6.07, 6.45) is 3.72. The Labute approximate surface area is 257 Å². The maximum atomic E-state index is 13.7. The highest BCUT2D eigenvalue weighted by atomic mass is 16.4. The van der Waals surface area contributed by atoms with Gasteiger partial charge in [-0.1, -0.05) is 23.8 Å². The molecule has 3 aromatic rings. The molecule has 2 amide bonds. The van der Waals surface area contributed by atoms with Gasteiger partial charge in [0.15, 0.2) is 0 Å². The SMILES string of the molecule is CC1=C([C@H](O)CC/C(=C/c2cc(C)c(O)c(C)c2)c2ccccn2)[C@H](CO)[C@@H]2C(=O)N(c3cccc(B(O)O)c3)C(=O)[C@@H]2C1. The molecule has 0 unspecified atom stereocenters. The number of aromatic nitrogens is 1. The molecule has 44 heavy (non-hydrogen) atoms. The third-order valence-electron chi connectivity index (χ3n) is 8.85. The van der Waals surface area contributed by atoms with Gasteiger partial charge in [0.2, 0.25) is 11.8 Å². The summed E-state index contributed by atoms with van der Waals surface area (Å²) in [4.78, 5) is 32.8. The van der Waals surface area contributed by atoms with Crippen LogP contribution in [0.5, 0.6) is 5.75 Å². The van der Waals surface area contributed by atoms with E-state index in [1.54, 1.807) is 18.3 Å². The fourth-order valence-electron chi connectivity index (χ4n) is 6.74. The number of carbonyl (C=O) groups is 2. The minimum absolute atomic E-state index is 0.150. The normalized spacial score (nSPS) is 21.1. The number of fused-ring (bicyclic) bond motifs is 1. The van der Waals surface area contributed by atoms with Crippen molar-refractivity contribution in [2.24, 2.45) is 17.8 Å². The monoisotopic (exact) mass is 596 g/mol. The first-order chi connectivity index (χ1) is 21.0. The summed E-state index contributed by atoms with van der Waals surface area (Å²) in [6, 6.07) is 15.4. The fourth-order valence-corrected chi connectivity index (χ4v) is 6.74. The van der Waals surface area contributed by atoms with Crippen LogP contribution in [0.1, 0.15) is 48.6 Å². The van der Waals surface area contributed by atoms with Crippen LogP contribution in [-0.2, 0) is 9.59 Å². The molecule has 0 bridgehead atoms. The van der Waals surface area contributed by atoms with E-state index in [-0.39, 0.29) is 23.3 Å². The standard InChI is InChI=1S/C34H37BN2O7/c1-19-15-26-31(34(42)37(33(26)41)25-8-6-7-24(17-25)35(43)44)27(18-38)30(19)29(39)11-10-23(28-9-4-5-12-36-28)16-22-13-20(2)32(40)21(3)14-22/h4-9,12-14,16-17,26-27,29,31,38-40,43-44H,10-11,15,18H2,1-3H3/b23-16-/t26-,27+,29-,31-/m1/s1. The van der Waals surface area contributed by atoms with Crippen LogP contribution in [-0.4, -0.2) is 62.0 Å². The van der Waals surface area contributed by atoms with Gasteiger partial charge in [-0.15, -0.1) is 0 Å². The molecule has 10 heteroatoms. The molecule has 1 saturated heterocycles. The Morgan fingerprint density at radius 1 is 1.05 bits per heavy atom. The van der Waals surface area contributed by atoms with Crippen LogP contribution in [0.25, 0.3) is 11.6 Å². The number of rotatable bonds is 9. The fraction of sp³-hybridized carbons (Fsp3) is 0.324. The van der Waals surface area contributed by atoms with Gasteiger partial charge in [-0.25, -0.2) is 0 Å². The zero-order valence-corrected chi connectivity index (χ0v) is 25.0. The minimum atomic E-state index is -1.76. The molecule has 0 radical (unpaired) electrons. The number of anilines is 1. The molecule has 0 saturated carbocycles. The molecule has 2 aromatic carbocycles. The minimum Gasteiger partial charge on any atom is -0.507 e. The van der Waals surface area contributed by atoms with Gasteiger partial charge >= 0.3 is 7.12 Å². The van der Waals surface area contributed by atoms with Gasteiger partial charge < -0.3 is 25.4 Å². The molecule has 1 fully saturated rings. The van der Waals surface area contributed by atoms with Crippen molar-refractivity contribution in [2.45, 2.75) is 46.1 Å². The van der Waals surface area contributed by atoms with Crippen LogP contribution in [0.4, 0.5) is 5.69 Å². The van der Waals surface area contributed by atoms with E-state index < -0.39 is 49.4 Å². The van der Waals surface area contributed by atoms with Gasteiger partial charge in [0, 0.05) is 12.1 Å². The van der Waals surface area contributed by atoms with E-state index in [0.29, 0.717) is 18.4 Å². The van der Waals surface area contributed by atoms with E-state index in [9.17, 15) is 35.0 Å². The molecule has 2 aliphatic rings. The van der Waals surface area contributed by atoms with Gasteiger partial charge in [-0.2, -0.15) is 0 Å². The predicted octanol–water partition coefficient (Wildman–Crippen LogP) is 2.90. The van der Waals surface area contributed by atoms with Crippen molar-refractivity contribution in [3.63, 3.8) is 0 Å². The highest BCUT2D eigenvalue weighted by Crippen LogP contribution is 2.47. The number of allylic oxidation sites excluding steroid dienone is 2. The van der Waals surface area contributed by atoms with Gasteiger partial charge in [-0.3, -0.25) is 19.5 Å². The number of phenols is 1. The van der Waals surface area contributed by atoms with Crippen molar-refractivity contribution in [2.75, 3.05) is 11.5 Å². The lowest BCUT2D eigenvalue weighted by Crippen LogP contribution is -2.39. The van der Waals surface area contributed by atoms with Gasteiger partial charge in [0.1, 0.15) is 5.75 Å². The number of benzene rings is 2. The zero-order chi connectivity index (χ0) is 31.7. The van der Waals surface area contributed by atoms with Crippen LogP contribution in [0.2, 0.25) is 0 Å². The molecular formula is C34H37BN2O7. The number of nitrogens with zero attached hydrogens (tertiary/aromatic N) is 2. The van der Waals surface area contributed by atoms with Crippen molar-refractivity contribution in [1.29, 1.82) is 0 Å². The average Bonchev–Trinajstić information content (AvgIpc) is 3.26. The number of hydrogen-bond acceptors (Lipinski definition) is 8. The zero-order valence-electron chi connectivity index (χ0n) is 25.0. The number of hydrogen-bond donors (Lipinski definition) is 5. The summed E-state index contributed by atoms with van der Waals surface area (Å²) < 4.78 is 0. The first-order valence-electron chi connectivity index (χ1n) is 14.8. The second kappa shape index (κ2) is 12.9. The second-order valence-corrected chi connectivity index (χ2v) is 11.8. The largest absolute Gasteiger partial charge is 0.507 e. The number of aliphatic hydroxyl groups excluding tert-OH is 2. The highest BCUT2D eigenvalue weighted by molar-refractivity contribution is 6.58. The van der Waals surface area contributed by atoms with Crippen molar-refractivity contribution < 1.29 is 35.0 Å². The number of phenolic OH excluding ortho intramolecular Hbond substituents is 1. The van der Waals surface area contributed by atoms with Gasteiger partial charge in [0.25, 0.3) is 0 Å². The lowest BCUT2D eigenvalue weighted by molar-refractivity contribution is -0.123. The number of imide groups is 1. The topological polar surface area (TPSA) is 151 Å². The van der Waals surface area contributed by atoms with E-state index in [2.05, 4.69) is 4.98 Å². The maximum Gasteiger partial charge on any atom is 0.488 e. The van der Waals surface area contributed by atoms with E-state index in [1.165, 1.54) is 12.1 Å². The van der Waals surface area contributed by atoms with E-state index in [1.807, 2.05) is 57.2 Å². The summed E-state index contributed by atoms with van der Waals surface area (Å²) in [5.41, 5.74) is 5.77. The highest BCUT2D eigenvalue weighted by Gasteiger charge is 2.54. The Hall–Kier alpha value is -4.09. The Morgan fingerprint density at radius 2 is 1.77 bits per heavy atom. The molecule has 5 rings (SSSR count). The molecule has 1 aliphatic carbocycles. The van der Waals surface area contributed by atoms with E-state index in [4.69, 9.17) is 0 Å². The summed E-state index contributed by atoms with van der Waals surface area (Å²) in [5.74, 6) is -2.92. The summed E-state index contributed by atoms with van der Waals surface area (Å²) >= 11 is 0. The lowest BCUT2D eigenvalue weighted by Gasteiger charge is -2.35. The molecule has 0 spiro atoms. The van der Waals surface area contributed by atoms with Crippen LogP contribution in [0.15, 0.2) is 71.9 Å². The van der Waals surface area contributed by atoms with Crippen LogP contribution in [0, 0.1) is 31.6 Å². The van der Waals surface area contributed by atoms with E-state index in [0.717, 1.165) is 38.4 Å². The molecule has 5 N–H and O–H groups in total. The quantitative estimate of drug-likeness (QED) is 0.144. The lowest BCUT2D eigenvalue weighted by atomic mass is 9.68. The Kier molecular flexibility index (Phi) is 9.17. The van der Waals surface area contributed by atoms with Gasteiger partial charge in [-0.05, 0) is 116 Å². The molecule has 1 aliphatic heterocycles. The van der Waals surface area contributed by atoms with Crippen molar-refractivity contribution in [3.05, 3.63) is 94.3 Å². The summed E-state index contributed by atoms with van der Waals surface area (Å²) in [6.45, 7) is 5.10.